The van der Waals surface area contributed by atoms with Crippen molar-refractivity contribution < 1.29 is 5.11 Å². The first kappa shape index (κ1) is 10.7. The minimum Gasteiger partial charge on any atom is -0.393 e. The summed E-state index contributed by atoms with van der Waals surface area (Å²) in [4.78, 5) is 0. The Morgan fingerprint density at radius 3 is 3.07 bits per heavy atom. The summed E-state index contributed by atoms with van der Waals surface area (Å²) in [7, 11) is 0. The van der Waals surface area contributed by atoms with E-state index < -0.39 is 0 Å². The van der Waals surface area contributed by atoms with Crippen LogP contribution in [0.4, 0.5) is 0 Å². The fourth-order valence-corrected chi connectivity index (χ4v) is 2.06. The van der Waals surface area contributed by atoms with Crippen molar-refractivity contribution in [3.05, 3.63) is 34.9 Å². The Bertz CT molecular complexity index is 333. The third-order valence-corrected chi connectivity index (χ3v) is 3.01. The van der Waals surface area contributed by atoms with E-state index in [4.69, 9.17) is 0 Å². The van der Waals surface area contributed by atoms with Gasteiger partial charge >= 0.3 is 0 Å². The normalized spacial score (nSPS) is 17.2. The maximum atomic E-state index is 9.24. The molecular weight excluding hydrogens is 186 g/mol. The first-order valence-corrected chi connectivity index (χ1v) is 5.75. The summed E-state index contributed by atoms with van der Waals surface area (Å²) in [6.45, 7) is 3.94. The molecule has 1 atom stereocenters. The number of nitrogens with one attached hydrogen (secondary N) is 1. The number of aliphatic hydroxyl groups excluding tert-OH is 1. The van der Waals surface area contributed by atoms with Gasteiger partial charge in [-0.25, -0.2) is 0 Å². The molecule has 0 saturated carbocycles. The molecule has 15 heavy (non-hydrogen) atoms. The maximum Gasteiger partial charge on any atom is 0.0515 e. The van der Waals surface area contributed by atoms with Crippen LogP contribution in [0, 0.1) is 0 Å². The van der Waals surface area contributed by atoms with Crippen LogP contribution in [0.1, 0.15) is 30.0 Å². The second kappa shape index (κ2) is 4.77. The molecule has 1 aliphatic heterocycles. The van der Waals surface area contributed by atoms with Gasteiger partial charge in [0.1, 0.15) is 0 Å². The summed E-state index contributed by atoms with van der Waals surface area (Å²) >= 11 is 0. The van der Waals surface area contributed by atoms with E-state index in [0.29, 0.717) is 0 Å². The molecule has 0 bridgehead atoms. The van der Waals surface area contributed by atoms with Crippen LogP contribution >= 0.6 is 0 Å². The Kier molecular flexibility index (Phi) is 3.39. The van der Waals surface area contributed by atoms with Gasteiger partial charge in [0.2, 0.25) is 0 Å². The number of aliphatic hydroxyl groups is 1. The minimum absolute atomic E-state index is 0.195. The van der Waals surface area contributed by atoms with Crippen molar-refractivity contribution in [3.8, 4) is 0 Å². The molecule has 2 heteroatoms. The van der Waals surface area contributed by atoms with Crippen LogP contribution in [0.2, 0.25) is 0 Å². The van der Waals surface area contributed by atoms with Gasteiger partial charge in [0.05, 0.1) is 6.10 Å². The highest BCUT2D eigenvalue weighted by Crippen LogP contribution is 2.17. The molecule has 2 nitrogen and oxygen atoms in total. The van der Waals surface area contributed by atoms with Gasteiger partial charge in [0, 0.05) is 6.54 Å². The van der Waals surface area contributed by atoms with Crippen LogP contribution < -0.4 is 5.32 Å². The Balaban J connectivity index is 2.07. The summed E-state index contributed by atoms with van der Waals surface area (Å²) in [6, 6.07) is 6.73. The second-order valence-electron chi connectivity index (χ2n) is 4.42. The molecule has 1 aromatic carbocycles. The van der Waals surface area contributed by atoms with E-state index in [1.807, 2.05) is 6.92 Å². The van der Waals surface area contributed by atoms with E-state index in [-0.39, 0.29) is 6.10 Å². The van der Waals surface area contributed by atoms with Gasteiger partial charge in [-0.05, 0) is 49.4 Å². The summed E-state index contributed by atoms with van der Waals surface area (Å²) in [6.07, 6.45) is 2.78. The Labute approximate surface area is 91.3 Å². The molecule has 2 rings (SSSR count). The molecule has 1 aromatic rings. The highest BCUT2D eigenvalue weighted by atomic mass is 16.3. The van der Waals surface area contributed by atoms with Crippen molar-refractivity contribution in [3.63, 3.8) is 0 Å². The zero-order chi connectivity index (χ0) is 10.7. The second-order valence-corrected chi connectivity index (χ2v) is 4.42. The molecule has 2 N–H and O–H groups in total. The molecule has 0 aliphatic carbocycles. The molecule has 0 radical (unpaired) electrons. The smallest absolute Gasteiger partial charge is 0.0515 e. The van der Waals surface area contributed by atoms with Crippen molar-refractivity contribution in [2.24, 2.45) is 0 Å². The van der Waals surface area contributed by atoms with Crippen LogP contribution in [-0.4, -0.2) is 17.8 Å². The quantitative estimate of drug-likeness (QED) is 0.786. The molecule has 82 valence electrons. The highest BCUT2D eigenvalue weighted by Gasteiger charge is 2.08. The fraction of sp³-hybridized carbons (Fsp3) is 0.538. The average molecular weight is 205 g/mol. The van der Waals surface area contributed by atoms with Crippen LogP contribution in [0.3, 0.4) is 0 Å². The Morgan fingerprint density at radius 1 is 1.40 bits per heavy atom. The standard InChI is InChI=1S/C13H19NO/c1-10(15)2-3-11-4-5-12-6-7-14-9-13(12)8-11/h4-5,8,10,14-15H,2-3,6-7,9H2,1H3. The number of rotatable bonds is 3. The number of fused-ring (bicyclic) bond motifs is 1. The first-order valence-electron chi connectivity index (χ1n) is 5.75. The van der Waals surface area contributed by atoms with Gasteiger partial charge in [-0.15, -0.1) is 0 Å². The van der Waals surface area contributed by atoms with Crippen LogP contribution in [0.15, 0.2) is 18.2 Å². The molecule has 1 aliphatic rings. The van der Waals surface area contributed by atoms with Crippen molar-refractivity contribution in [2.45, 2.75) is 38.8 Å². The van der Waals surface area contributed by atoms with Crippen molar-refractivity contribution >= 4 is 0 Å². The number of benzene rings is 1. The van der Waals surface area contributed by atoms with Gasteiger partial charge < -0.3 is 10.4 Å². The Morgan fingerprint density at radius 2 is 2.27 bits per heavy atom. The third-order valence-electron chi connectivity index (χ3n) is 3.01. The molecule has 1 unspecified atom stereocenters. The molecule has 0 aromatic heterocycles. The molecule has 0 saturated heterocycles. The lowest BCUT2D eigenvalue weighted by Crippen LogP contribution is -2.23. The third kappa shape index (κ3) is 2.80. The van der Waals surface area contributed by atoms with E-state index >= 15 is 0 Å². The van der Waals surface area contributed by atoms with Gasteiger partial charge in [-0.3, -0.25) is 0 Å². The van der Waals surface area contributed by atoms with E-state index in [1.54, 1.807) is 0 Å². The van der Waals surface area contributed by atoms with Crippen molar-refractivity contribution in [2.75, 3.05) is 6.54 Å². The topological polar surface area (TPSA) is 32.3 Å². The summed E-state index contributed by atoms with van der Waals surface area (Å²) in [5.41, 5.74) is 4.26. The van der Waals surface area contributed by atoms with Gasteiger partial charge in [0.25, 0.3) is 0 Å². The van der Waals surface area contributed by atoms with Crippen LogP contribution in [0.25, 0.3) is 0 Å². The average Bonchev–Trinajstić information content (AvgIpc) is 2.26. The van der Waals surface area contributed by atoms with Gasteiger partial charge in [-0.2, -0.15) is 0 Å². The lowest BCUT2D eigenvalue weighted by atomic mass is 9.96. The van der Waals surface area contributed by atoms with E-state index in [2.05, 4.69) is 23.5 Å². The van der Waals surface area contributed by atoms with E-state index in [0.717, 1.165) is 32.4 Å². The van der Waals surface area contributed by atoms with E-state index in [9.17, 15) is 5.11 Å². The molecule has 0 amide bonds. The summed E-state index contributed by atoms with van der Waals surface area (Å²) in [5, 5.41) is 12.6. The van der Waals surface area contributed by atoms with Crippen molar-refractivity contribution in [1.29, 1.82) is 0 Å². The summed E-state index contributed by atoms with van der Waals surface area (Å²) in [5.74, 6) is 0. The maximum absolute atomic E-state index is 9.24. The predicted octanol–water partition coefficient (Wildman–Crippen LogP) is 1.65. The van der Waals surface area contributed by atoms with Crippen molar-refractivity contribution in [1.82, 2.24) is 5.32 Å². The predicted molar refractivity (Wildman–Crippen MR) is 61.9 cm³/mol. The number of hydrogen-bond donors (Lipinski definition) is 2. The molecule has 0 fully saturated rings. The lowest BCUT2D eigenvalue weighted by Gasteiger charge is -2.18. The molecular formula is C13H19NO. The summed E-state index contributed by atoms with van der Waals surface area (Å²) < 4.78 is 0. The first-order chi connectivity index (χ1) is 7.25. The van der Waals surface area contributed by atoms with Crippen LogP contribution in [-0.2, 0) is 19.4 Å². The number of aryl methyl sites for hydroxylation is 1. The fourth-order valence-electron chi connectivity index (χ4n) is 2.06. The Hall–Kier alpha value is -0.860. The highest BCUT2D eigenvalue weighted by molar-refractivity contribution is 5.33. The zero-order valence-electron chi connectivity index (χ0n) is 9.29. The number of hydrogen-bond acceptors (Lipinski definition) is 2. The van der Waals surface area contributed by atoms with Gasteiger partial charge in [-0.1, -0.05) is 18.2 Å². The van der Waals surface area contributed by atoms with Crippen LogP contribution in [0.5, 0.6) is 0 Å². The SMILES string of the molecule is CC(O)CCc1ccc2c(c1)CNCC2. The molecule has 1 heterocycles. The lowest BCUT2D eigenvalue weighted by molar-refractivity contribution is 0.185. The minimum atomic E-state index is -0.195. The monoisotopic (exact) mass is 205 g/mol. The van der Waals surface area contributed by atoms with E-state index in [1.165, 1.54) is 16.7 Å². The molecule has 0 spiro atoms. The largest absolute Gasteiger partial charge is 0.393 e. The van der Waals surface area contributed by atoms with Gasteiger partial charge in [0.15, 0.2) is 0 Å². The zero-order valence-corrected chi connectivity index (χ0v) is 9.29.